The number of carboxylic acids is 3. The summed E-state index contributed by atoms with van der Waals surface area (Å²) >= 11 is 0. The summed E-state index contributed by atoms with van der Waals surface area (Å²) in [4.78, 5) is 183. The Morgan fingerprint density at radius 3 is 1.56 bits per heavy atom. The molecule has 1 saturated heterocycles. The number of aliphatic hydroxyl groups excluding tert-OH is 2. The summed E-state index contributed by atoms with van der Waals surface area (Å²) < 4.78 is 0. The summed E-state index contributed by atoms with van der Waals surface area (Å²) in [5.41, 5.74) is 32.0. The van der Waals surface area contributed by atoms with Crippen molar-refractivity contribution in [2.24, 2.45) is 39.4 Å². The lowest BCUT2D eigenvalue weighted by Crippen LogP contribution is -2.61. The fraction of sp³-hybridized carbons (Fsp3) is 0.634. The lowest BCUT2D eigenvalue weighted by Gasteiger charge is -2.30. The van der Waals surface area contributed by atoms with Gasteiger partial charge in [-0.05, 0) is 51.9 Å². The molecule has 24 N–H and O–H groups in total. The zero-order valence-corrected chi connectivity index (χ0v) is 40.7. The first-order valence-corrected chi connectivity index (χ1v) is 23.0. The summed E-state index contributed by atoms with van der Waals surface area (Å²) in [6.07, 6.45) is -7.10. The molecule has 1 aliphatic heterocycles. The number of hydrogen-bond donors (Lipinski definition) is 18. The number of amides is 11. The molecular formula is C41H67N15O19. The molecule has 34 heteroatoms. The van der Waals surface area contributed by atoms with Crippen LogP contribution in [-0.2, 0) is 67.1 Å². The number of primary amides is 3. The molecule has 0 aromatic rings. The lowest BCUT2D eigenvalue weighted by atomic mass is 10.1. The van der Waals surface area contributed by atoms with Crippen molar-refractivity contribution in [3.05, 3.63) is 0 Å². The summed E-state index contributed by atoms with van der Waals surface area (Å²) in [6, 6.07) is -15.8. The largest absolute Gasteiger partial charge is 0.481 e. The standard InChI is InChI=1S/C41H67N15O19/c1-17(58)31(40(74)75)55-35(69)19(4-2-12-48-41(46)47)51-38(72)25-5-3-13-56(25)39(73)23(15-30(64)65)53-33(67)21(8-11-29(62)63)50-36(70)22(14-28(45)61)52-37(71)24(16-57)54-34(68)20(7-10-27(44)60)49-32(66)18(42)6-9-26(43)59/h17-25,31,57-58H,2-16,42H2,1H3,(H2,43,59)(H2,44,60)(H2,45,61)(H,49,66)(H,50,70)(H,51,72)(H,52,71)(H,53,67)(H,54,68)(H,55,69)(H,62,63)(H,64,65)(H,74,75)(H4,46,47,48)/t17-,18+,19+,20+,21+,22+,23+,24+,25+,31+/m1/s1. The molecule has 0 radical (unpaired) electrons. The van der Waals surface area contributed by atoms with Crippen LogP contribution >= 0.6 is 0 Å². The van der Waals surface area contributed by atoms with Crippen LogP contribution in [0, 0.1) is 0 Å². The molecule has 0 aromatic heterocycles. The van der Waals surface area contributed by atoms with Crippen LogP contribution in [-0.4, -0.2) is 199 Å². The molecule has 0 saturated carbocycles. The van der Waals surface area contributed by atoms with Gasteiger partial charge in [0.05, 0.1) is 31.6 Å². The number of carbonyl (C=O) groups is 14. The van der Waals surface area contributed by atoms with E-state index in [1.54, 1.807) is 0 Å². The molecule has 34 nitrogen and oxygen atoms in total. The van der Waals surface area contributed by atoms with E-state index in [9.17, 15) is 92.7 Å². The Morgan fingerprint density at radius 2 is 1.05 bits per heavy atom. The van der Waals surface area contributed by atoms with Crippen molar-refractivity contribution >= 4 is 88.8 Å². The van der Waals surface area contributed by atoms with E-state index < -0.39 is 188 Å². The van der Waals surface area contributed by atoms with Crippen LogP contribution in [0.15, 0.2) is 4.99 Å². The third kappa shape index (κ3) is 23.9. The van der Waals surface area contributed by atoms with Crippen LogP contribution < -0.4 is 71.6 Å². The van der Waals surface area contributed by atoms with E-state index in [1.165, 1.54) is 0 Å². The number of aliphatic hydroxyl groups is 2. The summed E-state index contributed by atoms with van der Waals surface area (Å²) in [7, 11) is 0. The number of carboxylic acid groups (broad SMARTS) is 3. The zero-order chi connectivity index (χ0) is 57.3. The molecule has 0 aliphatic carbocycles. The molecular weight excluding hydrogens is 1010 g/mol. The van der Waals surface area contributed by atoms with Gasteiger partial charge < -0.3 is 102 Å². The zero-order valence-electron chi connectivity index (χ0n) is 40.7. The Bertz CT molecular complexity index is 2160. The maximum Gasteiger partial charge on any atom is 0.328 e. The van der Waals surface area contributed by atoms with Crippen molar-refractivity contribution < 1.29 is 92.7 Å². The third-order valence-corrected chi connectivity index (χ3v) is 10.9. The van der Waals surface area contributed by atoms with Gasteiger partial charge in [0, 0.05) is 32.4 Å². The van der Waals surface area contributed by atoms with E-state index in [2.05, 4.69) is 36.9 Å². The van der Waals surface area contributed by atoms with Crippen molar-refractivity contribution in [3.63, 3.8) is 0 Å². The van der Waals surface area contributed by atoms with E-state index in [0.717, 1.165) is 11.8 Å². The number of rotatable bonds is 35. The number of aliphatic carboxylic acids is 3. The van der Waals surface area contributed by atoms with Gasteiger partial charge in [0.1, 0.15) is 42.3 Å². The van der Waals surface area contributed by atoms with Gasteiger partial charge >= 0.3 is 17.9 Å². The molecule has 420 valence electrons. The number of nitrogens with one attached hydrogen (secondary N) is 7. The highest BCUT2D eigenvalue weighted by molar-refractivity contribution is 6.00. The molecule has 10 atom stereocenters. The first-order chi connectivity index (χ1) is 35.0. The minimum absolute atomic E-state index is 0.0439. The minimum Gasteiger partial charge on any atom is -0.481 e. The minimum atomic E-state index is -2.06. The van der Waals surface area contributed by atoms with E-state index >= 15 is 0 Å². The molecule has 0 bridgehead atoms. The predicted octanol–water partition coefficient (Wildman–Crippen LogP) is -10.0. The molecule has 75 heavy (non-hydrogen) atoms. The van der Waals surface area contributed by atoms with Crippen LogP contribution in [0.4, 0.5) is 0 Å². The second-order valence-electron chi connectivity index (χ2n) is 17.1. The number of nitrogens with two attached hydrogens (primary N) is 6. The number of aliphatic imine (C=N–C) groups is 1. The molecule has 0 aromatic carbocycles. The van der Waals surface area contributed by atoms with Gasteiger partial charge in [0.2, 0.25) is 65.0 Å². The van der Waals surface area contributed by atoms with Crippen molar-refractivity contribution in [2.45, 2.75) is 144 Å². The highest BCUT2D eigenvalue weighted by atomic mass is 16.4. The van der Waals surface area contributed by atoms with Crippen molar-refractivity contribution in [1.29, 1.82) is 0 Å². The normalized spacial score (nSPS) is 16.5. The molecule has 1 fully saturated rings. The van der Waals surface area contributed by atoms with Gasteiger partial charge in [-0.2, -0.15) is 0 Å². The highest BCUT2D eigenvalue weighted by Gasteiger charge is 2.41. The summed E-state index contributed by atoms with van der Waals surface area (Å²) in [6.45, 7) is -0.393. The van der Waals surface area contributed by atoms with Crippen LogP contribution in [0.3, 0.4) is 0 Å². The Balaban J connectivity index is 3.44. The SMILES string of the molecule is C[C@@H](O)[C@H](NC(=O)[C@H](CCCN=C(N)N)NC(=O)[C@@H]1CCCN1C(=O)[C@H](CC(=O)O)NC(=O)[C@H](CCC(=O)O)NC(=O)[C@H](CC(N)=O)NC(=O)[C@H](CO)NC(=O)[C@H](CCC(N)=O)NC(=O)[C@@H](N)CCC(N)=O)C(=O)O. The maximum atomic E-state index is 14.1. The topological polar surface area (TPSA) is 596 Å². The third-order valence-electron chi connectivity index (χ3n) is 10.9. The second-order valence-corrected chi connectivity index (χ2v) is 17.1. The lowest BCUT2D eigenvalue weighted by molar-refractivity contribution is -0.146. The number of guanidine groups is 1. The first kappa shape index (κ1) is 64.7. The molecule has 1 heterocycles. The fourth-order valence-corrected chi connectivity index (χ4v) is 7.05. The van der Waals surface area contributed by atoms with Crippen LogP contribution in [0.2, 0.25) is 0 Å². The monoisotopic (exact) mass is 1070 g/mol. The molecule has 0 spiro atoms. The Kier molecular flexibility index (Phi) is 27.6. The van der Waals surface area contributed by atoms with E-state index in [4.69, 9.17) is 34.4 Å². The summed E-state index contributed by atoms with van der Waals surface area (Å²) in [5, 5.41) is 63.7. The van der Waals surface area contributed by atoms with Crippen molar-refractivity contribution in [1.82, 2.24) is 42.1 Å². The number of carbonyl (C=O) groups excluding carboxylic acids is 11. The second kappa shape index (κ2) is 32.0. The highest BCUT2D eigenvalue weighted by Crippen LogP contribution is 2.20. The van der Waals surface area contributed by atoms with E-state index in [0.29, 0.717) is 0 Å². The number of nitrogens with zero attached hydrogens (tertiary/aromatic N) is 2. The first-order valence-electron chi connectivity index (χ1n) is 23.0. The van der Waals surface area contributed by atoms with Gasteiger partial charge in [0.15, 0.2) is 12.0 Å². The molecule has 11 amide bonds. The Labute approximate surface area is 426 Å². The van der Waals surface area contributed by atoms with Gasteiger partial charge in [0.25, 0.3) is 0 Å². The van der Waals surface area contributed by atoms with E-state index in [-0.39, 0.29) is 57.6 Å². The van der Waals surface area contributed by atoms with E-state index in [1.807, 2.05) is 5.32 Å². The summed E-state index contributed by atoms with van der Waals surface area (Å²) in [5.74, 6) is -17.7. The van der Waals surface area contributed by atoms with Gasteiger partial charge in [-0.1, -0.05) is 0 Å². The number of hydrogen-bond acceptors (Lipinski definition) is 18. The van der Waals surface area contributed by atoms with Crippen molar-refractivity contribution in [2.75, 3.05) is 19.7 Å². The predicted molar refractivity (Wildman–Crippen MR) is 252 cm³/mol. The van der Waals surface area contributed by atoms with Gasteiger partial charge in [-0.15, -0.1) is 0 Å². The van der Waals surface area contributed by atoms with Crippen LogP contribution in [0.25, 0.3) is 0 Å². The quantitative estimate of drug-likeness (QED) is 0.0159. The average molecular weight is 1070 g/mol. The average Bonchev–Trinajstić information content (AvgIpc) is 3.81. The van der Waals surface area contributed by atoms with Gasteiger partial charge in [-0.3, -0.25) is 67.3 Å². The smallest absolute Gasteiger partial charge is 0.328 e. The maximum absolute atomic E-state index is 14.1. The molecule has 0 unspecified atom stereocenters. The van der Waals surface area contributed by atoms with Crippen LogP contribution in [0.1, 0.15) is 84.0 Å². The van der Waals surface area contributed by atoms with Gasteiger partial charge in [-0.25, -0.2) is 4.79 Å². The Morgan fingerprint density at radius 1 is 0.573 bits per heavy atom. The Hall–Kier alpha value is -8.27. The van der Waals surface area contributed by atoms with Crippen LogP contribution in [0.5, 0.6) is 0 Å². The molecule has 1 rings (SSSR count). The fourth-order valence-electron chi connectivity index (χ4n) is 7.05. The van der Waals surface area contributed by atoms with Crippen molar-refractivity contribution in [3.8, 4) is 0 Å². The number of likely N-dealkylation sites (tertiary alicyclic amines) is 1. The molecule has 1 aliphatic rings.